The largest absolute Gasteiger partial charge is 0.101 e. The molecule has 0 nitrogen and oxygen atoms in total. The summed E-state index contributed by atoms with van der Waals surface area (Å²) in [5.74, 6) is 0. The van der Waals surface area contributed by atoms with Crippen LogP contribution in [0.15, 0.2) is 11.1 Å². The molecule has 0 unspecified atom stereocenters. The quantitative estimate of drug-likeness (QED) is 0.420. The normalized spacial score (nSPS) is 12.0. The van der Waals surface area contributed by atoms with Crippen molar-refractivity contribution in [2.45, 2.75) is 32.5 Å². The molecule has 0 amide bonds. The fourth-order valence-corrected chi connectivity index (χ4v) is 0.822. The second-order valence-corrected chi connectivity index (χ2v) is 2.68. The second-order valence-electron chi connectivity index (χ2n) is 2.19. The van der Waals surface area contributed by atoms with E-state index < -0.39 is 0 Å². The van der Waals surface area contributed by atoms with Gasteiger partial charge in [-0.15, -0.1) is 0 Å². The predicted octanol–water partition coefficient (Wildman–Crippen LogP) is 2.35. The van der Waals surface area contributed by atoms with Gasteiger partial charge in [0, 0.05) is 5.03 Å². The molecular formula is C7H14BCl. The fraction of sp³-hybridized carbons (Fsp3) is 0.714. The highest BCUT2D eigenvalue weighted by molar-refractivity contribution is 6.29. The number of allylic oxidation sites excluding steroid dienone is 2. The van der Waals surface area contributed by atoms with E-state index in [4.69, 9.17) is 11.6 Å². The molecule has 0 radical (unpaired) electrons. The van der Waals surface area contributed by atoms with E-state index in [1.165, 1.54) is 19.2 Å². The van der Waals surface area contributed by atoms with E-state index in [0.29, 0.717) is 0 Å². The van der Waals surface area contributed by atoms with Crippen LogP contribution in [-0.4, -0.2) is 7.85 Å². The first-order valence-corrected chi connectivity index (χ1v) is 3.99. The number of rotatable bonds is 4. The minimum absolute atomic E-state index is 1.00. The van der Waals surface area contributed by atoms with Gasteiger partial charge in [-0.25, -0.2) is 0 Å². The van der Waals surface area contributed by atoms with Crippen molar-refractivity contribution in [3.63, 3.8) is 0 Å². The maximum Gasteiger partial charge on any atom is 0.101 e. The van der Waals surface area contributed by atoms with E-state index >= 15 is 0 Å². The van der Waals surface area contributed by atoms with Crippen LogP contribution in [0.1, 0.15) is 26.2 Å². The Bertz CT molecular complexity index is 88.9. The van der Waals surface area contributed by atoms with Gasteiger partial charge in [0.15, 0.2) is 0 Å². The lowest BCUT2D eigenvalue weighted by atomic mass is 9.99. The highest BCUT2D eigenvalue weighted by Crippen LogP contribution is 2.11. The molecule has 0 fully saturated rings. The number of hydrogen-bond acceptors (Lipinski definition) is 0. The average Bonchev–Trinajstić information content (AvgIpc) is 1.89. The molecular weight excluding hydrogens is 130 g/mol. The first-order chi connectivity index (χ1) is 4.31. The zero-order valence-corrected chi connectivity index (χ0v) is 7.04. The van der Waals surface area contributed by atoms with E-state index in [9.17, 15) is 0 Å². The van der Waals surface area contributed by atoms with Gasteiger partial charge in [-0.2, -0.15) is 0 Å². The van der Waals surface area contributed by atoms with Gasteiger partial charge in [-0.05, 0) is 19.8 Å². The molecule has 0 aromatic carbocycles. The van der Waals surface area contributed by atoms with Crippen LogP contribution in [-0.2, 0) is 0 Å². The molecule has 0 saturated carbocycles. The van der Waals surface area contributed by atoms with E-state index in [1.807, 2.05) is 13.0 Å². The zero-order chi connectivity index (χ0) is 7.11. The smallest absolute Gasteiger partial charge is 0.0895 e. The van der Waals surface area contributed by atoms with Crippen molar-refractivity contribution >= 4 is 19.4 Å². The predicted molar refractivity (Wildman–Crippen MR) is 46.8 cm³/mol. The molecule has 0 rings (SSSR count). The summed E-state index contributed by atoms with van der Waals surface area (Å²) in [6, 6.07) is 0. The highest BCUT2D eigenvalue weighted by Gasteiger charge is 1.88. The lowest BCUT2D eigenvalue weighted by Gasteiger charge is -1.94. The standard InChI is InChI=1S/C7H14BCl/c1-2-7(9)5-3-4-6-8/h2H,3-6,8H2,1H3/b7-2+. The third-order valence-corrected chi connectivity index (χ3v) is 1.74. The summed E-state index contributed by atoms with van der Waals surface area (Å²) in [7, 11) is 2.20. The molecule has 0 heterocycles. The Morgan fingerprint density at radius 3 is 2.67 bits per heavy atom. The Morgan fingerprint density at radius 1 is 1.56 bits per heavy atom. The SMILES string of the molecule is BCCCC/C(Cl)=C\C. The van der Waals surface area contributed by atoms with Crippen molar-refractivity contribution in [1.29, 1.82) is 0 Å². The van der Waals surface area contributed by atoms with Gasteiger partial charge < -0.3 is 0 Å². The number of halogens is 1. The average molecular weight is 144 g/mol. The molecule has 0 aliphatic heterocycles. The Labute approximate surface area is 63.7 Å². The van der Waals surface area contributed by atoms with Crippen LogP contribution in [0.25, 0.3) is 0 Å². The third-order valence-electron chi connectivity index (χ3n) is 1.33. The molecule has 0 aliphatic rings. The van der Waals surface area contributed by atoms with Gasteiger partial charge in [-0.1, -0.05) is 30.4 Å². The topological polar surface area (TPSA) is 0 Å². The maximum absolute atomic E-state index is 5.76. The van der Waals surface area contributed by atoms with Crippen molar-refractivity contribution < 1.29 is 0 Å². The van der Waals surface area contributed by atoms with Gasteiger partial charge in [0.05, 0.1) is 0 Å². The molecule has 0 aromatic rings. The minimum Gasteiger partial charge on any atom is -0.0895 e. The van der Waals surface area contributed by atoms with Crippen LogP contribution in [0, 0.1) is 0 Å². The van der Waals surface area contributed by atoms with Crippen molar-refractivity contribution in [3.05, 3.63) is 11.1 Å². The molecule has 9 heavy (non-hydrogen) atoms. The molecule has 2 heteroatoms. The summed E-state index contributed by atoms with van der Waals surface area (Å²) < 4.78 is 0. The first kappa shape index (κ1) is 9.09. The van der Waals surface area contributed by atoms with Gasteiger partial charge in [-0.3, -0.25) is 0 Å². The van der Waals surface area contributed by atoms with Crippen molar-refractivity contribution in [2.24, 2.45) is 0 Å². The molecule has 0 N–H and O–H groups in total. The molecule has 0 aromatic heterocycles. The summed E-state index contributed by atoms with van der Waals surface area (Å²) in [5.41, 5.74) is 0. The van der Waals surface area contributed by atoms with Crippen LogP contribution in [0.3, 0.4) is 0 Å². The number of hydrogen-bond donors (Lipinski definition) is 0. The second kappa shape index (κ2) is 6.22. The monoisotopic (exact) mass is 144 g/mol. The van der Waals surface area contributed by atoms with E-state index in [0.717, 1.165) is 11.5 Å². The molecule has 0 aliphatic carbocycles. The summed E-state index contributed by atoms with van der Waals surface area (Å²) in [6.45, 7) is 1.98. The Morgan fingerprint density at radius 2 is 2.22 bits per heavy atom. The van der Waals surface area contributed by atoms with E-state index in [2.05, 4.69) is 7.85 Å². The first-order valence-electron chi connectivity index (χ1n) is 3.62. The Kier molecular flexibility index (Phi) is 6.28. The molecule has 52 valence electrons. The third kappa shape index (κ3) is 5.97. The lowest BCUT2D eigenvalue weighted by molar-refractivity contribution is 0.805. The van der Waals surface area contributed by atoms with E-state index in [1.54, 1.807) is 0 Å². The van der Waals surface area contributed by atoms with Crippen molar-refractivity contribution in [3.8, 4) is 0 Å². The summed E-state index contributed by atoms with van der Waals surface area (Å²) in [4.78, 5) is 0. The summed E-state index contributed by atoms with van der Waals surface area (Å²) in [6.07, 6.45) is 6.83. The van der Waals surface area contributed by atoms with Gasteiger partial charge in [0.1, 0.15) is 7.85 Å². The van der Waals surface area contributed by atoms with Crippen LogP contribution in [0.5, 0.6) is 0 Å². The number of unbranched alkanes of at least 4 members (excludes halogenated alkanes) is 1. The summed E-state index contributed by atoms with van der Waals surface area (Å²) >= 11 is 5.76. The Balaban J connectivity index is 3.07. The van der Waals surface area contributed by atoms with Crippen molar-refractivity contribution in [2.75, 3.05) is 0 Å². The van der Waals surface area contributed by atoms with Gasteiger partial charge in [0.25, 0.3) is 0 Å². The lowest BCUT2D eigenvalue weighted by Crippen LogP contribution is -1.75. The molecule has 0 spiro atoms. The van der Waals surface area contributed by atoms with Gasteiger partial charge in [0.2, 0.25) is 0 Å². The maximum atomic E-state index is 5.76. The molecule has 0 saturated heterocycles. The van der Waals surface area contributed by atoms with Crippen LogP contribution >= 0.6 is 11.6 Å². The van der Waals surface area contributed by atoms with Crippen LogP contribution in [0.2, 0.25) is 6.32 Å². The molecule has 0 bridgehead atoms. The van der Waals surface area contributed by atoms with E-state index in [-0.39, 0.29) is 0 Å². The minimum atomic E-state index is 1.00. The summed E-state index contributed by atoms with van der Waals surface area (Å²) in [5, 5.41) is 1.00. The fourth-order valence-electron chi connectivity index (χ4n) is 0.688. The van der Waals surface area contributed by atoms with Crippen LogP contribution < -0.4 is 0 Å². The Hall–Kier alpha value is 0.0949. The van der Waals surface area contributed by atoms with Crippen molar-refractivity contribution in [1.82, 2.24) is 0 Å². The van der Waals surface area contributed by atoms with Gasteiger partial charge >= 0.3 is 0 Å². The van der Waals surface area contributed by atoms with Crippen LogP contribution in [0.4, 0.5) is 0 Å². The zero-order valence-electron chi connectivity index (χ0n) is 6.28. The molecule has 0 atom stereocenters. The highest BCUT2D eigenvalue weighted by atomic mass is 35.5.